The van der Waals surface area contributed by atoms with Crippen LogP contribution in [0, 0.1) is 17.8 Å². The van der Waals surface area contributed by atoms with Crippen molar-refractivity contribution in [3.8, 4) is 11.1 Å². The van der Waals surface area contributed by atoms with E-state index in [-0.39, 0.29) is 0 Å². The van der Waals surface area contributed by atoms with E-state index in [4.69, 9.17) is 0 Å². The molecule has 0 amide bonds. The van der Waals surface area contributed by atoms with E-state index in [9.17, 15) is 0 Å². The van der Waals surface area contributed by atoms with E-state index in [2.05, 4.69) is 73.7 Å². The Morgan fingerprint density at radius 1 is 0.521 bits per heavy atom. The molecule has 5 atom stereocenters. The summed E-state index contributed by atoms with van der Waals surface area (Å²) in [7, 11) is 0. The van der Waals surface area contributed by atoms with E-state index < -0.39 is 0 Å². The average molecular weight is 661 g/mol. The van der Waals surface area contributed by atoms with Gasteiger partial charge < -0.3 is 0 Å². The average Bonchev–Trinajstić information content (AvgIpc) is 3.91. The molecule has 2 saturated carbocycles. The Bertz CT molecular complexity index is 1150. The van der Waals surface area contributed by atoms with Gasteiger partial charge in [-0.2, -0.15) is 0 Å². The molecular weight excluding hydrogens is 577 g/mol. The molecule has 3 aromatic rings. The zero-order valence-corrected chi connectivity index (χ0v) is 35.9. The standard InChI is InChI=1S/C30H30.9C2H6/c1-2-19-9-3-4-11-22(19)26-18-21-17-20-10-7-16-27(20)30(21)28-15-6-5-12-23(28)24-13-8-14-25(26)29(24)30;9*1-2/h3-6,8-9,11-15,20-21,26-27H,2,7,10,16-18H2,1H3;9*1-2H3/t20?,21-,26?,27?,30+;;;;;;;;;/m1........./s1. The molecule has 0 radical (unpaired) electrons. The Morgan fingerprint density at radius 2 is 1.02 bits per heavy atom. The molecule has 3 aromatic carbocycles. The molecule has 4 aliphatic rings. The smallest absolute Gasteiger partial charge is 0.0277 e. The maximum absolute atomic E-state index is 2.49. The lowest BCUT2D eigenvalue weighted by Gasteiger charge is -2.46. The third kappa shape index (κ3) is 9.88. The highest BCUT2D eigenvalue weighted by Crippen LogP contribution is 2.71. The van der Waals surface area contributed by atoms with Gasteiger partial charge in [-0.15, -0.1) is 0 Å². The molecule has 48 heavy (non-hydrogen) atoms. The van der Waals surface area contributed by atoms with Gasteiger partial charge in [0.1, 0.15) is 0 Å². The zero-order chi connectivity index (χ0) is 37.9. The Kier molecular flexibility index (Phi) is 30.8. The maximum atomic E-state index is 2.49. The molecular formula is C48H84. The third-order valence-electron chi connectivity index (χ3n) is 9.36. The second-order valence-corrected chi connectivity index (χ2v) is 10.3. The van der Waals surface area contributed by atoms with E-state index in [1.807, 2.05) is 125 Å². The first-order valence-corrected chi connectivity index (χ1v) is 21.1. The number of hydrogen-bond acceptors (Lipinski definition) is 0. The number of benzene rings is 3. The van der Waals surface area contributed by atoms with Crippen molar-refractivity contribution in [3.05, 3.63) is 94.5 Å². The van der Waals surface area contributed by atoms with Crippen LogP contribution in [0.5, 0.6) is 0 Å². The summed E-state index contributed by atoms with van der Waals surface area (Å²) in [6.07, 6.45) is 8.22. The number of aryl methyl sites for hydroxylation is 1. The lowest BCUT2D eigenvalue weighted by Crippen LogP contribution is -2.41. The van der Waals surface area contributed by atoms with E-state index in [0.717, 1.165) is 24.2 Å². The lowest BCUT2D eigenvalue weighted by atomic mass is 9.56. The van der Waals surface area contributed by atoms with Gasteiger partial charge in [0.15, 0.2) is 0 Å². The predicted molar refractivity (Wildman–Crippen MR) is 226 cm³/mol. The summed E-state index contributed by atoms with van der Waals surface area (Å²) in [5.41, 5.74) is 11.6. The molecule has 0 saturated heterocycles. The summed E-state index contributed by atoms with van der Waals surface area (Å²) in [6.45, 7) is 38.3. The molecule has 0 heterocycles. The Morgan fingerprint density at radius 3 is 1.60 bits per heavy atom. The summed E-state index contributed by atoms with van der Waals surface area (Å²) in [5.74, 6) is 3.14. The van der Waals surface area contributed by atoms with E-state index in [1.165, 1.54) is 37.7 Å². The van der Waals surface area contributed by atoms with Gasteiger partial charge in [-0.05, 0) is 82.4 Å². The van der Waals surface area contributed by atoms with Gasteiger partial charge in [0.25, 0.3) is 0 Å². The fourth-order valence-corrected chi connectivity index (χ4v) is 8.53. The quantitative estimate of drug-likeness (QED) is 0.257. The molecule has 4 aliphatic carbocycles. The largest absolute Gasteiger partial charge is 0.0683 e. The van der Waals surface area contributed by atoms with Crippen molar-refractivity contribution in [3.63, 3.8) is 0 Å². The lowest BCUT2D eigenvalue weighted by molar-refractivity contribution is 0.255. The SMILES string of the molecule is CC.CC.CC.CC.CC.CC.CC.CC.CC.CCc1ccccc1C1C[C@H]2CC3CCCC3[C@]23c2ccccc2-c2cccc1c23. The Balaban J connectivity index is -0.000000988. The van der Waals surface area contributed by atoms with Gasteiger partial charge in [-0.25, -0.2) is 0 Å². The van der Waals surface area contributed by atoms with Crippen molar-refractivity contribution in [2.75, 3.05) is 0 Å². The molecule has 0 N–H and O–H groups in total. The molecule has 276 valence electrons. The highest BCUT2D eigenvalue weighted by Gasteiger charge is 2.63. The second kappa shape index (κ2) is 29.6. The van der Waals surface area contributed by atoms with Crippen molar-refractivity contribution < 1.29 is 0 Å². The maximum Gasteiger partial charge on any atom is 0.0277 e. The van der Waals surface area contributed by atoms with Crippen LogP contribution < -0.4 is 0 Å². The molecule has 0 nitrogen and oxygen atoms in total. The van der Waals surface area contributed by atoms with Crippen molar-refractivity contribution in [2.24, 2.45) is 17.8 Å². The topological polar surface area (TPSA) is 0 Å². The van der Waals surface area contributed by atoms with Crippen LogP contribution in [0.15, 0.2) is 66.7 Å². The van der Waals surface area contributed by atoms with Crippen LogP contribution in [0.3, 0.4) is 0 Å². The van der Waals surface area contributed by atoms with E-state index in [1.54, 1.807) is 33.4 Å². The van der Waals surface area contributed by atoms with Crippen molar-refractivity contribution >= 4 is 0 Å². The number of rotatable bonds is 2. The van der Waals surface area contributed by atoms with Gasteiger partial charge in [0.2, 0.25) is 0 Å². The van der Waals surface area contributed by atoms with Gasteiger partial charge in [0, 0.05) is 11.3 Å². The molecule has 1 spiro atoms. The first-order valence-electron chi connectivity index (χ1n) is 21.1. The normalized spacial score (nSPS) is 21.4. The molecule has 0 aliphatic heterocycles. The Labute approximate surface area is 304 Å². The van der Waals surface area contributed by atoms with Gasteiger partial charge in [-0.3, -0.25) is 0 Å². The minimum Gasteiger partial charge on any atom is -0.0683 e. The molecule has 0 bridgehead atoms. The van der Waals surface area contributed by atoms with E-state index in [0.29, 0.717) is 11.3 Å². The van der Waals surface area contributed by atoms with Crippen LogP contribution in [-0.2, 0) is 11.8 Å². The zero-order valence-electron chi connectivity index (χ0n) is 35.9. The summed E-state index contributed by atoms with van der Waals surface area (Å²) < 4.78 is 0. The monoisotopic (exact) mass is 661 g/mol. The number of fused-ring (bicyclic) bond motifs is 3. The second-order valence-electron chi connectivity index (χ2n) is 10.3. The molecule has 0 aromatic heterocycles. The van der Waals surface area contributed by atoms with Crippen LogP contribution >= 0.6 is 0 Å². The first-order chi connectivity index (χ1) is 23.8. The highest BCUT2D eigenvalue weighted by molar-refractivity contribution is 5.84. The van der Waals surface area contributed by atoms with Crippen LogP contribution in [0.25, 0.3) is 11.1 Å². The van der Waals surface area contributed by atoms with Crippen LogP contribution in [0.2, 0.25) is 0 Å². The molecule has 7 rings (SSSR count). The number of hydrogen-bond donors (Lipinski definition) is 0. The van der Waals surface area contributed by atoms with Crippen molar-refractivity contribution in [2.45, 2.75) is 181 Å². The van der Waals surface area contributed by atoms with Crippen LogP contribution in [0.1, 0.15) is 197 Å². The fraction of sp³-hybridized carbons (Fsp3) is 0.625. The van der Waals surface area contributed by atoms with Gasteiger partial charge in [0.05, 0.1) is 0 Å². The first kappa shape index (κ1) is 50.0. The van der Waals surface area contributed by atoms with Crippen LogP contribution in [-0.4, -0.2) is 0 Å². The van der Waals surface area contributed by atoms with Gasteiger partial charge in [-0.1, -0.05) is 211 Å². The third-order valence-corrected chi connectivity index (χ3v) is 9.36. The van der Waals surface area contributed by atoms with Crippen molar-refractivity contribution in [1.29, 1.82) is 0 Å². The summed E-state index contributed by atoms with van der Waals surface area (Å²) in [6, 6.07) is 26.0. The fourth-order valence-electron chi connectivity index (χ4n) is 8.53. The minimum atomic E-state index is 0.293. The minimum absolute atomic E-state index is 0.293. The van der Waals surface area contributed by atoms with Crippen molar-refractivity contribution in [1.82, 2.24) is 0 Å². The van der Waals surface area contributed by atoms with Gasteiger partial charge >= 0.3 is 0 Å². The summed E-state index contributed by atoms with van der Waals surface area (Å²) in [4.78, 5) is 0. The predicted octanol–water partition coefficient (Wildman–Crippen LogP) is 16.7. The summed E-state index contributed by atoms with van der Waals surface area (Å²) >= 11 is 0. The molecule has 2 fully saturated rings. The molecule has 0 heteroatoms. The van der Waals surface area contributed by atoms with Crippen LogP contribution in [0.4, 0.5) is 0 Å². The Hall–Kier alpha value is -2.34. The van der Waals surface area contributed by atoms with E-state index >= 15 is 0 Å². The highest BCUT2D eigenvalue weighted by atomic mass is 14.7. The summed E-state index contributed by atoms with van der Waals surface area (Å²) in [5, 5.41) is 0. The molecule has 3 unspecified atom stereocenters.